The molecule has 1 amide bonds. The minimum atomic E-state index is 0. The van der Waals surface area contributed by atoms with Crippen molar-refractivity contribution in [3.8, 4) is 0 Å². The molecule has 4 rings (SSSR count). The van der Waals surface area contributed by atoms with Gasteiger partial charge in [0.2, 0.25) is 5.91 Å². The minimum absolute atomic E-state index is 0. The van der Waals surface area contributed by atoms with Crippen LogP contribution in [0.25, 0.3) is 0 Å². The smallest absolute Gasteiger partial charge is 0.223 e. The number of amides is 1. The zero-order valence-corrected chi connectivity index (χ0v) is 17.6. The fourth-order valence-corrected chi connectivity index (χ4v) is 5.18. The van der Waals surface area contributed by atoms with Crippen molar-refractivity contribution in [2.24, 2.45) is 23.5 Å². The van der Waals surface area contributed by atoms with Crippen molar-refractivity contribution < 1.29 is 4.79 Å². The molecule has 1 aromatic rings. The van der Waals surface area contributed by atoms with Crippen LogP contribution in [0.15, 0.2) is 0 Å². The van der Waals surface area contributed by atoms with Crippen LogP contribution in [0.2, 0.25) is 0 Å². The summed E-state index contributed by atoms with van der Waals surface area (Å²) in [6, 6.07) is 0.323. The summed E-state index contributed by atoms with van der Waals surface area (Å²) in [4.78, 5) is 12.6. The molecule has 2 atom stereocenters. The maximum atomic E-state index is 12.6. The normalized spacial score (nSPS) is 29.5. The molecule has 0 radical (unpaired) electrons. The van der Waals surface area contributed by atoms with E-state index >= 15 is 0 Å². The Morgan fingerprint density at radius 3 is 2.56 bits per heavy atom. The topological polar surface area (TPSA) is 85.8 Å². The Morgan fingerprint density at radius 2 is 1.81 bits per heavy atom. The lowest BCUT2D eigenvalue weighted by atomic mass is 9.65. The van der Waals surface area contributed by atoms with Gasteiger partial charge in [0.05, 0.1) is 0 Å². The van der Waals surface area contributed by atoms with Crippen LogP contribution in [0.4, 0.5) is 0 Å². The number of nitrogens with two attached hydrogens (primary N) is 1. The van der Waals surface area contributed by atoms with Crippen molar-refractivity contribution in [1.82, 2.24) is 20.1 Å². The molecule has 8 heteroatoms. The number of hydrogen-bond acceptors (Lipinski definition) is 4. The van der Waals surface area contributed by atoms with E-state index in [-0.39, 0.29) is 36.6 Å². The molecular weight excluding hydrogens is 385 g/mol. The van der Waals surface area contributed by atoms with Gasteiger partial charge >= 0.3 is 0 Å². The Bertz CT molecular complexity index is 609. The molecule has 27 heavy (non-hydrogen) atoms. The van der Waals surface area contributed by atoms with Crippen molar-refractivity contribution in [2.75, 3.05) is 6.54 Å². The first-order chi connectivity index (χ1) is 12.2. The number of nitrogens with zero attached hydrogens (tertiary/aromatic N) is 3. The highest BCUT2D eigenvalue weighted by Crippen LogP contribution is 2.41. The largest absolute Gasteiger partial charge is 0.355 e. The number of fused-ring (bicyclic) bond motifs is 3. The van der Waals surface area contributed by atoms with E-state index in [0.717, 1.165) is 43.9 Å². The average molecular weight is 418 g/mol. The second-order valence-corrected chi connectivity index (χ2v) is 8.23. The Kier molecular flexibility index (Phi) is 8.38. The van der Waals surface area contributed by atoms with Crippen molar-refractivity contribution in [3.63, 3.8) is 0 Å². The molecule has 2 saturated carbocycles. The second kappa shape index (κ2) is 10.1. The third kappa shape index (κ3) is 4.96. The molecule has 2 heterocycles. The summed E-state index contributed by atoms with van der Waals surface area (Å²) in [6.07, 6.45) is 11.1. The monoisotopic (exact) mass is 417 g/mol. The van der Waals surface area contributed by atoms with Gasteiger partial charge in [0.15, 0.2) is 0 Å². The molecule has 1 aromatic heterocycles. The Morgan fingerprint density at radius 1 is 1.07 bits per heavy atom. The third-order valence-corrected chi connectivity index (χ3v) is 6.62. The van der Waals surface area contributed by atoms with Gasteiger partial charge < -0.3 is 15.6 Å². The first-order valence-corrected chi connectivity index (χ1v) is 10.2. The fourth-order valence-electron chi connectivity index (χ4n) is 5.18. The Balaban J connectivity index is 0.00000131. The van der Waals surface area contributed by atoms with Gasteiger partial charge in [-0.1, -0.05) is 12.8 Å². The summed E-state index contributed by atoms with van der Waals surface area (Å²) in [7, 11) is 0. The van der Waals surface area contributed by atoms with Crippen molar-refractivity contribution >= 4 is 30.7 Å². The molecule has 0 spiro atoms. The van der Waals surface area contributed by atoms with Gasteiger partial charge in [-0.2, -0.15) is 0 Å². The van der Waals surface area contributed by atoms with Crippen molar-refractivity contribution in [2.45, 2.75) is 76.8 Å². The van der Waals surface area contributed by atoms with Crippen LogP contribution in [-0.4, -0.2) is 33.3 Å². The van der Waals surface area contributed by atoms with E-state index in [1.54, 1.807) is 0 Å². The molecule has 2 unspecified atom stereocenters. The van der Waals surface area contributed by atoms with Crippen LogP contribution >= 0.6 is 24.8 Å². The van der Waals surface area contributed by atoms with E-state index in [2.05, 4.69) is 20.1 Å². The molecule has 0 saturated heterocycles. The highest BCUT2D eigenvalue weighted by atomic mass is 35.5. The summed E-state index contributed by atoms with van der Waals surface area (Å²) in [5, 5.41) is 11.8. The van der Waals surface area contributed by atoms with E-state index < -0.39 is 0 Å². The lowest BCUT2D eigenvalue weighted by Crippen LogP contribution is -2.49. The zero-order valence-electron chi connectivity index (χ0n) is 15.9. The highest BCUT2D eigenvalue weighted by Gasteiger charge is 2.40. The molecule has 1 aliphatic heterocycles. The van der Waals surface area contributed by atoms with Crippen LogP contribution in [0.3, 0.4) is 0 Å². The lowest BCUT2D eigenvalue weighted by molar-refractivity contribution is -0.127. The highest BCUT2D eigenvalue weighted by molar-refractivity contribution is 5.85. The summed E-state index contributed by atoms with van der Waals surface area (Å²) in [6.45, 7) is 1.68. The lowest BCUT2D eigenvalue weighted by Gasteiger charge is -2.43. The number of hydrogen-bond donors (Lipinski definition) is 2. The first kappa shape index (κ1) is 22.4. The number of aryl methyl sites for hydroxylation is 1. The van der Waals surface area contributed by atoms with Crippen molar-refractivity contribution in [1.29, 1.82) is 0 Å². The number of carbonyl (C=O) groups excluding carboxylic acids is 1. The second-order valence-electron chi connectivity index (χ2n) is 8.23. The maximum absolute atomic E-state index is 12.6. The average Bonchev–Trinajstić information content (AvgIpc) is 2.82. The fraction of sp³-hybridized carbons (Fsp3) is 0.842. The van der Waals surface area contributed by atoms with Crippen LogP contribution in [0.5, 0.6) is 0 Å². The van der Waals surface area contributed by atoms with Gasteiger partial charge in [0.25, 0.3) is 0 Å². The maximum Gasteiger partial charge on any atom is 0.223 e. The van der Waals surface area contributed by atoms with Gasteiger partial charge in [-0.3, -0.25) is 4.79 Å². The van der Waals surface area contributed by atoms with E-state index in [1.165, 1.54) is 38.5 Å². The molecule has 2 aliphatic carbocycles. The number of rotatable bonds is 4. The molecular formula is C19H33Cl2N5O. The first-order valence-electron chi connectivity index (χ1n) is 10.2. The van der Waals surface area contributed by atoms with Gasteiger partial charge in [0.1, 0.15) is 11.6 Å². The summed E-state index contributed by atoms with van der Waals surface area (Å²) in [5.41, 5.74) is 6.34. The van der Waals surface area contributed by atoms with Gasteiger partial charge in [0, 0.05) is 37.9 Å². The van der Waals surface area contributed by atoms with Crippen LogP contribution in [-0.2, 0) is 24.2 Å². The Hall–Kier alpha value is -0.850. The number of carbonyl (C=O) groups is 1. The number of halogens is 2. The zero-order chi connectivity index (χ0) is 17.2. The van der Waals surface area contributed by atoms with E-state index in [4.69, 9.17) is 5.73 Å². The molecule has 154 valence electrons. The molecule has 0 aromatic carbocycles. The minimum Gasteiger partial charge on any atom is -0.355 e. The summed E-state index contributed by atoms with van der Waals surface area (Å²) < 4.78 is 2.27. The predicted molar refractivity (Wildman–Crippen MR) is 110 cm³/mol. The molecule has 2 fully saturated rings. The summed E-state index contributed by atoms with van der Waals surface area (Å²) >= 11 is 0. The van der Waals surface area contributed by atoms with Crippen LogP contribution < -0.4 is 11.1 Å². The predicted octanol–water partition coefficient (Wildman–Crippen LogP) is 2.66. The Labute approximate surface area is 174 Å². The molecule has 3 aliphatic rings. The van der Waals surface area contributed by atoms with E-state index in [0.29, 0.717) is 24.4 Å². The van der Waals surface area contributed by atoms with E-state index in [9.17, 15) is 4.79 Å². The van der Waals surface area contributed by atoms with E-state index in [1.807, 2.05) is 0 Å². The molecule has 6 nitrogen and oxygen atoms in total. The SMILES string of the molecule is Cl.Cl.NC1C2CCCC1CC(C(=O)NCCc1nnc3n1CCCCC3)C2. The number of nitrogens with one attached hydrogen (secondary N) is 1. The quantitative estimate of drug-likeness (QED) is 0.787. The van der Waals surface area contributed by atoms with Gasteiger partial charge in [-0.15, -0.1) is 35.0 Å². The molecule has 3 N–H and O–H groups in total. The molecule has 2 bridgehead atoms. The van der Waals surface area contributed by atoms with Gasteiger partial charge in [-0.05, 0) is 50.4 Å². The third-order valence-electron chi connectivity index (χ3n) is 6.62. The van der Waals surface area contributed by atoms with Crippen molar-refractivity contribution in [3.05, 3.63) is 11.6 Å². The van der Waals surface area contributed by atoms with Crippen LogP contribution in [0.1, 0.15) is 63.0 Å². The van der Waals surface area contributed by atoms with Gasteiger partial charge in [-0.25, -0.2) is 0 Å². The standard InChI is InChI=1S/C19H31N5O.2ClH/c20-18-13-5-4-6-14(18)12-15(11-13)19(25)21-9-8-17-23-22-16-7-2-1-3-10-24(16)17;;/h13-15,18H,1-12,20H2,(H,21,25);2*1H. The summed E-state index contributed by atoms with van der Waals surface area (Å²) in [5.74, 6) is 3.63. The number of aromatic nitrogens is 3. The van der Waals surface area contributed by atoms with Crippen LogP contribution in [0, 0.1) is 17.8 Å².